The number of carbonyl (C=O) groups is 1. The second-order valence-electron chi connectivity index (χ2n) is 3.01. The van der Waals surface area contributed by atoms with Crippen molar-refractivity contribution in [1.29, 1.82) is 5.26 Å². The summed E-state index contributed by atoms with van der Waals surface area (Å²) in [4.78, 5) is 14.5. The lowest BCUT2D eigenvalue weighted by Gasteiger charge is -2.12. The van der Waals surface area contributed by atoms with Crippen LogP contribution in [0, 0.1) is 17.2 Å². The third-order valence-corrected chi connectivity index (χ3v) is 2.09. The molecule has 0 aliphatic rings. The van der Waals surface area contributed by atoms with E-state index in [1.54, 1.807) is 24.5 Å². The molecule has 0 saturated heterocycles. The molecule has 0 aliphatic carbocycles. The molecule has 0 bridgehead atoms. The van der Waals surface area contributed by atoms with Crippen molar-refractivity contribution in [1.82, 2.24) is 4.98 Å². The van der Waals surface area contributed by atoms with E-state index >= 15 is 0 Å². The third-order valence-electron chi connectivity index (χ3n) is 2.09. The van der Waals surface area contributed by atoms with Gasteiger partial charge in [0.2, 0.25) is 0 Å². The van der Waals surface area contributed by atoms with Crippen LogP contribution >= 0.6 is 24.0 Å². The summed E-state index contributed by atoms with van der Waals surface area (Å²) < 4.78 is 0. The topological polar surface area (TPSA) is 74.0 Å². The predicted molar refractivity (Wildman–Crippen MR) is 64.8 cm³/mol. The number of nitriles is 1. The normalized spacial score (nSPS) is 13.1. The quantitative estimate of drug-likeness (QED) is 0.866. The van der Waals surface area contributed by atoms with Gasteiger partial charge in [-0.15, -0.1) is 24.0 Å². The van der Waals surface area contributed by atoms with Crippen molar-refractivity contribution in [3.63, 3.8) is 0 Å². The van der Waals surface area contributed by atoms with Gasteiger partial charge in [0.1, 0.15) is 0 Å². The minimum Gasteiger partial charge on any atom is -0.481 e. The Hall–Kier alpha value is -1.16. The second-order valence-corrected chi connectivity index (χ2v) is 3.01. The molecule has 1 aromatic heterocycles. The lowest BCUT2D eigenvalue weighted by Crippen LogP contribution is -2.17. The summed E-state index contributed by atoms with van der Waals surface area (Å²) in [6.07, 6.45) is 3.10. The van der Waals surface area contributed by atoms with Gasteiger partial charge in [0, 0.05) is 12.4 Å². The van der Waals surface area contributed by atoms with E-state index in [1.165, 1.54) is 6.92 Å². The maximum absolute atomic E-state index is 10.7. The highest BCUT2D eigenvalue weighted by Crippen LogP contribution is 2.23. The zero-order chi connectivity index (χ0) is 10.6. The van der Waals surface area contributed by atoms with Crippen molar-refractivity contribution >= 4 is 29.9 Å². The average Bonchev–Trinajstić information content (AvgIpc) is 2.20. The SMILES string of the molecule is CC(C(=O)O)C(C#N)c1ccncc1.I. The molecule has 1 heterocycles. The van der Waals surface area contributed by atoms with Crippen molar-refractivity contribution in [3.8, 4) is 6.07 Å². The fourth-order valence-corrected chi connectivity index (χ4v) is 1.19. The molecule has 0 saturated carbocycles. The van der Waals surface area contributed by atoms with E-state index in [0.29, 0.717) is 5.56 Å². The zero-order valence-corrected chi connectivity index (χ0v) is 10.5. The summed E-state index contributed by atoms with van der Waals surface area (Å²) in [5.74, 6) is -2.29. The zero-order valence-electron chi connectivity index (χ0n) is 8.12. The largest absolute Gasteiger partial charge is 0.481 e. The van der Waals surface area contributed by atoms with Crippen molar-refractivity contribution in [2.24, 2.45) is 5.92 Å². The van der Waals surface area contributed by atoms with Crippen molar-refractivity contribution in [2.75, 3.05) is 0 Å². The molecule has 4 nitrogen and oxygen atoms in total. The van der Waals surface area contributed by atoms with E-state index in [4.69, 9.17) is 10.4 Å². The van der Waals surface area contributed by atoms with Crippen LogP contribution in [0.3, 0.4) is 0 Å². The van der Waals surface area contributed by atoms with Crippen LogP contribution < -0.4 is 0 Å². The van der Waals surface area contributed by atoms with Crippen LogP contribution in [0.2, 0.25) is 0 Å². The summed E-state index contributed by atoms with van der Waals surface area (Å²) in [5.41, 5.74) is 0.692. The first-order valence-electron chi connectivity index (χ1n) is 4.19. The van der Waals surface area contributed by atoms with E-state index in [1.807, 2.05) is 6.07 Å². The number of carboxylic acids is 1. The molecule has 2 atom stereocenters. The number of hydrogen-bond donors (Lipinski definition) is 1. The molecule has 5 heteroatoms. The Morgan fingerprint density at radius 1 is 1.53 bits per heavy atom. The van der Waals surface area contributed by atoms with Gasteiger partial charge in [-0.25, -0.2) is 0 Å². The Kier molecular flexibility index (Phi) is 5.86. The number of rotatable bonds is 3. The second kappa shape index (κ2) is 6.35. The molecule has 1 aromatic rings. The van der Waals surface area contributed by atoms with E-state index in [0.717, 1.165) is 0 Å². The van der Waals surface area contributed by atoms with Gasteiger partial charge in [-0.3, -0.25) is 9.78 Å². The Labute approximate surface area is 105 Å². The fourth-order valence-electron chi connectivity index (χ4n) is 1.19. The number of nitrogens with zero attached hydrogens (tertiary/aromatic N) is 2. The van der Waals surface area contributed by atoms with Crippen LogP contribution in [-0.4, -0.2) is 16.1 Å². The number of carboxylic acid groups (broad SMARTS) is 1. The van der Waals surface area contributed by atoms with Gasteiger partial charge in [-0.1, -0.05) is 6.92 Å². The highest BCUT2D eigenvalue weighted by molar-refractivity contribution is 14.0. The maximum Gasteiger partial charge on any atom is 0.307 e. The molecule has 2 unspecified atom stereocenters. The molecule has 1 N–H and O–H groups in total. The van der Waals surface area contributed by atoms with Crippen LogP contribution in [0.15, 0.2) is 24.5 Å². The van der Waals surface area contributed by atoms with Gasteiger partial charge in [-0.2, -0.15) is 5.26 Å². The smallest absolute Gasteiger partial charge is 0.307 e. The Morgan fingerprint density at radius 2 is 2.07 bits per heavy atom. The van der Waals surface area contributed by atoms with Crippen molar-refractivity contribution in [2.45, 2.75) is 12.8 Å². The first kappa shape index (κ1) is 13.8. The van der Waals surface area contributed by atoms with E-state index < -0.39 is 17.8 Å². The molecule has 0 aliphatic heterocycles. The molecule has 15 heavy (non-hydrogen) atoms. The summed E-state index contributed by atoms with van der Waals surface area (Å²) in [5, 5.41) is 17.6. The molecule has 1 rings (SSSR count). The molecule has 0 fully saturated rings. The first-order valence-corrected chi connectivity index (χ1v) is 4.19. The standard InChI is InChI=1S/C10H10N2O2.HI/c1-7(10(13)14)9(6-11)8-2-4-12-5-3-8;/h2-5,7,9H,1H3,(H,13,14);1H. The number of aromatic nitrogens is 1. The Bertz CT molecular complexity index is 361. The molecule has 0 amide bonds. The van der Waals surface area contributed by atoms with E-state index in [-0.39, 0.29) is 24.0 Å². The highest BCUT2D eigenvalue weighted by atomic mass is 127. The Balaban J connectivity index is 0.00000196. The monoisotopic (exact) mass is 318 g/mol. The highest BCUT2D eigenvalue weighted by Gasteiger charge is 2.24. The van der Waals surface area contributed by atoms with Gasteiger partial charge in [0.25, 0.3) is 0 Å². The van der Waals surface area contributed by atoms with Gasteiger partial charge < -0.3 is 5.11 Å². The molecule has 0 aromatic carbocycles. The lowest BCUT2D eigenvalue weighted by molar-refractivity contribution is -0.141. The third kappa shape index (κ3) is 3.47. The molecular weight excluding hydrogens is 307 g/mol. The molecule has 80 valence electrons. The van der Waals surface area contributed by atoms with Crippen LogP contribution in [0.25, 0.3) is 0 Å². The van der Waals surface area contributed by atoms with Gasteiger partial charge in [0.15, 0.2) is 0 Å². The summed E-state index contributed by atoms with van der Waals surface area (Å²) >= 11 is 0. The van der Waals surface area contributed by atoms with Crippen LogP contribution in [-0.2, 0) is 4.79 Å². The van der Waals surface area contributed by atoms with E-state index in [9.17, 15) is 4.79 Å². The van der Waals surface area contributed by atoms with Gasteiger partial charge >= 0.3 is 5.97 Å². The predicted octanol–water partition coefficient (Wildman–Crippen LogP) is 2.03. The number of halogens is 1. The maximum atomic E-state index is 10.7. The molecule has 0 radical (unpaired) electrons. The Morgan fingerprint density at radius 3 is 2.47 bits per heavy atom. The number of pyridine rings is 1. The van der Waals surface area contributed by atoms with Crippen LogP contribution in [0.1, 0.15) is 18.4 Å². The van der Waals surface area contributed by atoms with E-state index in [2.05, 4.69) is 4.98 Å². The summed E-state index contributed by atoms with van der Waals surface area (Å²) in [7, 11) is 0. The van der Waals surface area contributed by atoms with Crippen molar-refractivity contribution in [3.05, 3.63) is 30.1 Å². The number of hydrogen-bond acceptors (Lipinski definition) is 3. The molecular formula is C10H11IN2O2. The van der Waals surface area contributed by atoms with Crippen LogP contribution in [0.5, 0.6) is 0 Å². The average molecular weight is 318 g/mol. The lowest BCUT2D eigenvalue weighted by atomic mass is 9.89. The van der Waals surface area contributed by atoms with Gasteiger partial charge in [0.05, 0.1) is 17.9 Å². The van der Waals surface area contributed by atoms with Gasteiger partial charge in [-0.05, 0) is 17.7 Å². The fraction of sp³-hybridized carbons (Fsp3) is 0.300. The minimum atomic E-state index is -0.964. The van der Waals surface area contributed by atoms with Crippen molar-refractivity contribution < 1.29 is 9.90 Å². The summed E-state index contributed by atoms with van der Waals surface area (Å²) in [6.45, 7) is 1.52. The number of aliphatic carboxylic acids is 1. The summed E-state index contributed by atoms with van der Waals surface area (Å²) in [6, 6.07) is 5.31. The molecule has 0 spiro atoms. The minimum absolute atomic E-state index is 0. The van der Waals surface area contributed by atoms with Crippen LogP contribution in [0.4, 0.5) is 0 Å². The first-order chi connectivity index (χ1) is 6.66.